The lowest BCUT2D eigenvalue weighted by atomic mass is 10.2. The molecule has 1 aromatic heterocycles. The molecular weight excluding hydrogens is 284 g/mol. The van der Waals surface area contributed by atoms with Crippen LogP contribution < -0.4 is 10.5 Å². The Balaban J connectivity index is 2.23. The van der Waals surface area contributed by atoms with Gasteiger partial charge in [0.15, 0.2) is 0 Å². The second-order valence-electron chi connectivity index (χ2n) is 4.15. The average molecular weight is 298 g/mol. The highest BCUT2D eigenvalue weighted by Gasteiger charge is 2.17. The van der Waals surface area contributed by atoms with Gasteiger partial charge in [0.2, 0.25) is 5.13 Å². The highest BCUT2D eigenvalue weighted by atomic mass is 32.2. The van der Waals surface area contributed by atoms with Crippen LogP contribution in [0, 0.1) is 6.92 Å². The number of aromatic nitrogens is 2. The molecule has 0 fully saturated rings. The van der Waals surface area contributed by atoms with Crippen LogP contribution in [0.5, 0.6) is 0 Å². The lowest BCUT2D eigenvalue weighted by molar-refractivity contribution is 0.601. The molecule has 0 spiro atoms. The first-order valence-electron chi connectivity index (χ1n) is 5.57. The van der Waals surface area contributed by atoms with Crippen molar-refractivity contribution >= 4 is 26.5 Å². The van der Waals surface area contributed by atoms with Gasteiger partial charge >= 0.3 is 0 Å². The van der Waals surface area contributed by atoms with Crippen LogP contribution in [0.4, 0.5) is 5.13 Å². The minimum atomic E-state index is -3.63. The Morgan fingerprint density at radius 2 is 1.89 bits per heavy atom. The van der Waals surface area contributed by atoms with Crippen LogP contribution in [-0.4, -0.2) is 18.6 Å². The highest BCUT2D eigenvalue weighted by molar-refractivity contribution is 7.93. The topological polar surface area (TPSA) is 98.0 Å². The summed E-state index contributed by atoms with van der Waals surface area (Å²) in [6.45, 7) is 3.66. The molecule has 0 aliphatic heterocycles. The van der Waals surface area contributed by atoms with E-state index in [0.29, 0.717) is 5.01 Å². The molecule has 102 valence electrons. The smallest absolute Gasteiger partial charge is 0.263 e. The third-order valence-corrected chi connectivity index (χ3v) is 4.91. The Morgan fingerprint density at radius 1 is 1.26 bits per heavy atom. The van der Waals surface area contributed by atoms with Gasteiger partial charge in [0.05, 0.1) is 10.9 Å². The van der Waals surface area contributed by atoms with E-state index in [1.54, 1.807) is 31.2 Å². The number of nitrogens with one attached hydrogen (secondary N) is 1. The zero-order chi connectivity index (χ0) is 14.0. The molecule has 0 saturated heterocycles. The number of aryl methyl sites for hydroxylation is 1. The average Bonchev–Trinajstić information content (AvgIpc) is 2.77. The van der Waals surface area contributed by atoms with Gasteiger partial charge in [-0.25, -0.2) is 8.42 Å². The Hall–Kier alpha value is -1.51. The van der Waals surface area contributed by atoms with E-state index in [9.17, 15) is 8.42 Å². The van der Waals surface area contributed by atoms with Crippen LogP contribution in [0.15, 0.2) is 29.2 Å². The molecular formula is C11H14N4O2S2. The number of rotatable bonds is 4. The van der Waals surface area contributed by atoms with Crippen LogP contribution in [0.3, 0.4) is 0 Å². The summed E-state index contributed by atoms with van der Waals surface area (Å²) in [6, 6.07) is 6.30. The Bertz CT molecular complexity index is 662. The monoisotopic (exact) mass is 298 g/mol. The molecule has 1 heterocycles. The van der Waals surface area contributed by atoms with Crippen LogP contribution in [0.25, 0.3) is 0 Å². The van der Waals surface area contributed by atoms with Crippen molar-refractivity contribution in [1.29, 1.82) is 0 Å². The third-order valence-electron chi connectivity index (χ3n) is 2.38. The van der Waals surface area contributed by atoms with Crippen molar-refractivity contribution in [1.82, 2.24) is 10.2 Å². The summed E-state index contributed by atoms with van der Waals surface area (Å²) in [4.78, 5) is 0.190. The maximum atomic E-state index is 12.1. The van der Waals surface area contributed by atoms with E-state index in [0.717, 1.165) is 16.9 Å². The summed E-state index contributed by atoms with van der Waals surface area (Å²) < 4.78 is 26.6. The number of benzene rings is 1. The molecule has 0 aliphatic rings. The quantitative estimate of drug-likeness (QED) is 0.894. The van der Waals surface area contributed by atoms with Gasteiger partial charge in [0.1, 0.15) is 5.01 Å². The fourth-order valence-corrected chi connectivity index (χ4v) is 3.28. The second kappa shape index (κ2) is 5.24. The van der Waals surface area contributed by atoms with E-state index in [1.165, 1.54) is 0 Å². The zero-order valence-electron chi connectivity index (χ0n) is 10.5. The molecule has 6 nitrogen and oxygen atoms in total. The summed E-state index contributed by atoms with van der Waals surface area (Å²) in [5.74, 6) is 0. The van der Waals surface area contributed by atoms with Gasteiger partial charge in [0, 0.05) is 0 Å². The SMILES string of the molecule is Cc1ccc(S(=O)(=O)Nc2nnc(C(C)N)s2)cc1. The van der Waals surface area contributed by atoms with E-state index in [2.05, 4.69) is 14.9 Å². The molecule has 2 rings (SSSR count). The Kier molecular flexibility index (Phi) is 3.83. The van der Waals surface area contributed by atoms with Crippen LogP contribution in [0.1, 0.15) is 23.5 Å². The number of nitrogens with zero attached hydrogens (tertiary/aromatic N) is 2. The third kappa shape index (κ3) is 3.28. The minimum absolute atomic E-state index is 0.190. The molecule has 2 aromatic rings. The molecule has 0 amide bonds. The molecule has 1 unspecified atom stereocenters. The standard InChI is InChI=1S/C11H14N4O2S2/c1-7-3-5-9(6-4-7)19(16,17)15-11-14-13-10(18-11)8(2)12/h3-6,8H,12H2,1-2H3,(H,14,15). The van der Waals surface area contributed by atoms with Crippen molar-refractivity contribution in [3.8, 4) is 0 Å². The highest BCUT2D eigenvalue weighted by Crippen LogP contribution is 2.22. The van der Waals surface area contributed by atoms with E-state index in [1.807, 2.05) is 6.92 Å². The fourth-order valence-electron chi connectivity index (χ4n) is 1.35. The van der Waals surface area contributed by atoms with Gasteiger partial charge in [0.25, 0.3) is 10.0 Å². The van der Waals surface area contributed by atoms with Gasteiger partial charge in [-0.05, 0) is 26.0 Å². The van der Waals surface area contributed by atoms with Crippen LogP contribution >= 0.6 is 11.3 Å². The van der Waals surface area contributed by atoms with Crippen molar-refractivity contribution in [2.24, 2.45) is 5.73 Å². The van der Waals surface area contributed by atoms with Gasteiger partial charge in [-0.15, -0.1) is 10.2 Å². The first-order valence-corrected chi connectivity index (χ1v) is 7.87. The summed E-state index contributed by atoms with van der Waals surface area (Å²) in [5, 5.41) is 8.39. The summed E-state index contributed by atoms with van der Waals surface area (Å²) in [5.41, 5.74) is 6.64. The number of nitrogens with two attached hydrogens (primary N) is 1. The van der Waals surface area contributed by atoms with Gasteiger partial charge in [-0.3, -0.25) is 4.72 Å². The first kappa shape index (κ1) is 13.9. The predicted octanol–water partition coefficient (Wildman–Crippen LogP) is 1.67. The number of hydrogen-bond donors (Lipinski definition) is 2. The number of sulfonamides is 1. The maximum Gasteiger partial charge on any atom is 0.263 e. The Morgan fingerprint density at radius 3 is 2.42 bits per heavy atom. The van der Waals surface area contributed by atoms with Crippen LogP contribution in [0.2, 0.25) is 0 Å². The molecule has 19 heavy (non-hydrogen) atoms. The summed E-state index contributed by atoms with van der Waals surface area (Å²) >= 11 is 1.13. The van der Waals surface area contributed by atoms with Crippen molar-refractivity contribution in [2.75, 3.05) is 4.72 Å². The number of anilines is 1. The van der Waals surface area contributed by atoms with E-state index < -0.39 is 10.0 Å². The largest absolute Gasteiger partial charge is 0.322 e. The van der Waals surface area contributed by atoms with E-state index >= 15 is 0 Å². The van der Waals surface area contributed by atoms with E-state index in [-0.39, 0.29) is 16.1 Å². The molecule has 3 N–H and O–H groups in total. The normalized spacial score (nSPS) is 13.2. The van der Waals surface area contributed by atoms with E-state index in [4.69, 9.17) is 5.73 Å². The van der Waals surface area contributed by atoms with Crippen molar-refractivity contribution in [3.63, 3.8) is 0 Å². The Labute approximate surface area is 115 Å². The molecule has 0 saturated carbocycles. The summed E-state index contributed by atoms with van der Waals surface area (Å²) in [6.07, 6.45) is 0. The van der Waals surface area contributed by atoms with Crippen molar-refractivity contribution in [2.45, 2.75) is 24.8 Å². The van der Waals surface area contributed by atoms with Crippen molar-refractivity contribution < 1.29 is 8.42 Å². The molecule has 1 atom stereocenters. The first-order chi connectivity index (χ1) is 8.88. The minimum Gasteiger partial charge on any atom is -0.322 e. The fraction of sp³-hybridized carbons (Fsp3) is 0.273. The number of hydrogen-bond acceptors (Lipinski definition) is 6. The van der Waals surface area contributed by atoms with Crippen LogP contribution in [-0.2, 0) is 10.0 Å². The van der Waals surface area contributed by atoms with Crippen molar-refractivity contribution in [3.05, 3.63) is 34.8 Å². The maximum absolute atomic E-state index is 12.1. The lowest BCUT2D eigenvalue weighted by Crippen LogP contribution is -2.12. The van der Waals surface area contributed by atoms with Gasteiger partial charge in [-0.2, -0.15) is 0 Å². The molecule has 0 bridgehead atoms. The molecule has 0 radical (unpaired) electrons. The lowest BCUT2D eigenvalue weighted by Gasteiger charge is -2.04. The zero-order valence-corrected chi connectivity index (χ0v) is 12.1. The molecule has 8 heteroatoms. The second-order valence-corrected chi connectivity index (χ2v) is 6.84. The van der Waals surface area contributed by atoms with Gasteiger partial charge < -0.3 is 5.73 Å². The molecule has 1 aromatic carbocycles. The van der Waals surface area contributed by atoms with Gasteiger partial charge in [-0.1, -0.05) is 29.0 Å². The molecule has 0 aliphatic carbocycles. The predicted molar refractivity (Wildman–Crippen MR) is 74.5 cm³/mol. The summed E-state index contributed by atoms with van der Waals surface area (Å²) in [7, 11) is -3.63.